The molecule has 3 aromatic rings. The number of hydrogen-bond acceptors (Lipinski definition) is 3. The number of H-pyrrole nitrogens is 1. The number of imidazole rings is 1. The molecule has 1 atom stereocenters. The van der Waals surface area contributed by atoms with Crippen LogP contribution in [0.2, 0.25) is 0 Å². The Balaban J connectivity index is 1.60. The normalized spacial score (nSPS) is 12.4. The molecule has 2 N–H and O–H groups in total. The summed E-state index contributed by atoms with van der Waals surface area (Å²) in [5.74, 6) is 1.91. The predicted octanol–water partition coefficient (Wildman–Crippen LogP) is 4.37. The smallest absolute Gasteiger partial charge is 0.220 e. The van der Waals surface area contributed by atoms with Gasteiger partial charge in [-0.05, 0) is 63.0 Å². The molecule has 0 spiro atoms. The lowest BCUT2D eigenvalue weighted by Crippen LogP contribution is -2.29. The first kappa shape index (κ1) is 19.5. The van der Waals surface area contributed by atoms with Crippen molar-refractivity contribution >= 4 is 28.7 Å². The zero-order valence-electron chi connectivity index (χ0n) is 16.3. The Morgan fingerprint density at radius 3 is 2.67 bits per heavy atom. The molecule has 2 heterocycles. The van der Waals surface area contributed by atoms with Gasteiger partial charge in [-0.15, -0.1) is 0 Å². The van der Waals surface area contributed by atoms with Gasteiger partial charge in [-0.3, -0.25) is 4.79 Å². The zero-order valence-corrected chi connectivity index (χ0v) is 17.1. The maximum atomic E-state index is 12.5. The van der Waals surface area contributed by atoms with Gasteiger partial charge < -0.3 is 14.9 Å². The Kier molecular flexibility index (Phi) is 6.61. The number of carbonyl (C=O) groups is 1. The summed E-state index contributed by atoms with van der Waals surface area (Å²) >= 11 is 1.78. The van der Waals surface area contributed by atoms with Crippen molar-refractivity contribution in [2.24, 2.45) is 0 Å². The summed E-state index contributed by atoms with van der Waals surface area (Å²) in [7, 11) is 0. The van der Waals surface area contributed by atoms with Crippen molar-refractivity contribution in [1.29, 1.82) is 0 Å². The van der Waals surface area contributed by atoms with E-state index in [1.807, 2.05) is 24.3 Å². The molecule has 6 heteroatoms. The van der Waals surface area contributed by atoms with Crippen LogP contribution in [0.4, 0.5) is 0 Å². The fourth-order valence-corrected chi connectivity index (χ4v) is 3.84. The van der Waals surface area contributed by atoms with Gasteiger partial charge in [0.25, 0.3) is 0 Å². The van der Waals surface area contributed by atoms with Crippen LogP contribution in [-0.2, 0) is 11.3 Å². The van der Waals surface area contributed by atoms with E-state index in [1.54, 1.807) is 11.8 Å². The molecule has 2 aromatic heterocycles. The van der Waals surface area contributed by atoms with Crippen LogP contribution in [0.25, 0.3) is 11.0 Å². The van der Waals surface area contributed by atoms with Gasteiger partial charge >= 0.3 is 0 Å². The molecular formula is C21H28N4OS. The average Bonchev–Trinajstić information content (AvgIpc) is 3.23. The number of nitrogens with one attached hydrogen (secondary N) is 2. The molecule has 27 heavy (non-hydrogen) atoms. The largest absolute Gasteiger partial charge is 0.349 e. The second-order valence-electron chi connectivity index (χ2n) is 6.91. The summed E-state index contributed by atoms with van der Waals surface area (Å²) in [6.07, 6.45) is 4.30. The lowest BCUT2D eigenvalue weighted by atomic mass is 10.2. The summed E-state index contributed by atoms with van der Waals surface area (Å²) in [6, 6.07) is 12.1. The van der Waals surface area contributed by atoms with Gasteiger partial charge in [0.2, 0.25) is 5.91 Å². The van der Waals surface area contributed by atoms with E-state index in [1.165, 1.54) is 11.4 Å². The minimum Gasteiger partial charge on any atom is -0.349 e. The number of aromatic amines is 1. The van der Waals surface area contributed by atoms with Gasteiger partial charge in [0.15, 0.2) is 0 Å². The van der Waals surface area contributed by atoms with Crippen LogP contribution in [0.3, 0.4) is 0 Å². The summed E-state index contributed by atoms with van der Waals surface area (Å²) in [5, 5.41) is 3.18. The number of aryl methyl sites for hydroxylation is 2. The fourth-order valence-electron chi connectivity index (χ4n) is 3.37. The highest BCUT2D eigenvalue weighted by molar-refractivity contribution is 7.98. The molecule has 3 rings (SSSR count). The minimum absolute atomic E-state index is 0.0765. The Morgan fingerprint density at radius 1 is 1.22 bits per heavy atom. The number of amides is 1. The first-order valence-corrected chi connectivity index (χ1v) is 10.8. The van der Waals surface area contributed by atoms with Crippen LogP contribution in [0.15, 0.2) is 36.4 Å². The summed E-state index contributed by atoms with van der Waals surface area (Å²) in [4.78, 5) is 20.6. The Hall–Kier alpha value is -2.21. The van der Waals surface area contributed by atoms with E-state index in [9.17, 15) is 4.79 Å². The van der Waals surface area contributed by atoms with Gasteiger partial charge in [0, 0.05) is 24.4 Å². The first-order chi connectivity index (χ1) is 13.1. The average molecular weight is 385 g/mol. The number of aromatic nitrogens is 3. The molecule has 0 radical (unpaired) electrons. The molecule has 0 aliphatic rings. The highest BCUT2D eigenvalue weighted by Crippen LogP contribution is 2.20. The van der Waals surface area contributed by atoms with E-state index in [2.05, 4.69) is 52.1 Å². The third kappa shape index (κ3) is 4.95. The molecule has 5 nitrogen and oxygen atoms in total. The Labute approximate surface area is 165 Å². The second-order valence-corrected chi connectivity index (χ2v) is 7.90. The van der Waals surface area contributed by atoms with Crippen LogP contribution in [0, 0.1) is 13.8 Å². The van der Waals surface area contributed by atoms with E-state index in [0.29, 0.717) is 6.42 Å². The molecule has 144 valence electrons. The lowest BCUT2D eigenvalue weighted by Gasteiger charge is -2.16. The van der Waals surface area contributed by atoms with Crippen molar-refractivity contribution in [3.63, 3.8) is 0 Å². The van der Waals surface area contributed by atoms with E-state index in [-0.39, 0.29) is 11.9 Å². The monoisotopic (exact) mass is 384 g/mol. The summed E-state index contributed by atoms with van der Waals surface area (Å²) in [5.41, 5.74) is 4.44. The fraction of sp³-hybridized carbons (Fsp3) is 0.429. The number of rotatable bonds is 9. The Bertz CT molecular complexity index is 846. The number of carbonyl (C=O) groups excluding carboxylic acids is 1. The molecule has 0 saturated carbocycles. The molecular weight excluding hydrogens is 356 g/mol. The topological polar surface area (TPSA) is 62.7 Å². The van der Waals surface area contributed by atoms with Crippen molar-refractivity contribution < 1.29 is 4.79 Å². The van der Waals surface area contributed by atoms with Crippen molar-refractivity contribution in [3.8, 4) is 0 Å². The molecule has 0 aliphatic heterocycles. The van der Waals surface area contributed by atoms with Gasteiger partial charge in [0.05, 0.1) is 17.1 Å². The van der Waals surface area contributed by atoms with Crippen LogP contribution in [0.1, 0.15) is 42.5 Å². The van der Waals surface area contributed by atoms with Crippen molar-refractivity contribution in [3.05, 3.63) is 53.6 Å². The standard InChI is InChI=1S/C21H28N4OS/c1-15-10-11-16(2)25(15)13-6-9-20(26)22-19(12-14-27-3)21-23-17-7-4-5-8-18(17)24-21/h4-5,7-8,10-11,19H,6,9,12-14H2,1-3H3,(H,22,26)(H,23,24)/t19-/m0/s1. The van der Waals surface area contributed by atoms with Crippen molar-refractivity contribution in [2.45, 2.75) is 45.7 Å². The van der Waals surface area contributed by atoms with Gasteiger partial charge in [-0.25, -0.2) is 4.98 Å². The number of thioether (sulfide) groups is 1. The number of fused-ring (bicyclic) bond motifs is 1. The number of nitrogens with zero attached hydrogens (tertiary/aromatic N) is 2. The maximum Gasteiger partial charge on any atom is 0.220 e. The maximum absolute atomic E-state index is 12.5. The summed E-state index contributed by atoms with van der Waals surface area (Å²) in [6.45, 7) is 5.08. The van der Waals surface area contributed by atoms with E-state index in [0.717, 1.165) is 42.0 Å². The van der Waals surface area contributed by atoms with E-state index < -0.39 is 0 Å². The van der Waals surface area contributed by atoms with E-state index >= 15 is 0 Å². The molecule has 0 unspecified atom stereocenters. The number of para-hydroxylation sites is 2. The Morgan fingerprint density at radius 2 is 1.96 bits per heavy atom. The zero-order chi connectivity index (χ0) is 19.2. The second kappa shape index (κ2) is 9.13. The van der Waals surface area contributed by atoms with Crippen LogP contribution >= 0.6 is 11.8 Å². The lowest BCUT2D eigenvalue weighted by molar-refractivity contribution is -0.122. The third-order valence-corrected chi connectivity index (χ3v) is 5.53. The highest BCUT2D eigenvalue weighted by Gasteiger charge is 2.18. The van der Waals surface area contributed by atoms with Crippen LogP contribution in [-0.4, -0.2) is 32.5 Å². The molecule has 0 aliphatic carbocycles. The molecule has 0 fully saturated rings. The molecule has 1 aromatic carbocycles. The van der Waals surface area contributed by atoms with Crippen LogP contribution in [0.5, 0.6) is 0 Å². The van der Waals surface area contributed by atoms with Gasteiger partial charge in [0.1, 0.15) is 5.82 Å². The quantitative estimate of drug-likeness (QED) is 0.576. The molecule has 1 amide bonds. The SMILES string of the molecule is CSCC[C@H](NC(=O)CCCn1c(C)ccc1C)c1nc2ccccc2[nH]1. The molecule has 0 saturated heterocycles. The minimum atomic E-state index is -0.0765. The van der Waals surface area contributed by atoms with Crippen LogP contribution < -0.4 is 5.32 Å². The van der Waals surface area contributed by atoms with Gasteiger partial charge in [-0.1, -0.05) is 12.1 Å². The highest BCUT2D eigenvalue weighted by atomic mass is 32.2. The molecule has 0 bridgehead atoms. The van der Waals surface area contributed by atoms with Crippen molar-refractivity contribution in [1.82, 2.24) is 19.9 Å². The first-order valence-electron chi connectivity index (χ1n) is 9.44. The predicted molar refractivity (Wildman–Crippen MR) is 113 cm³/mol. The van der Waals surface area contributed by atoms with Gasteiger partial charge in [-0.2, -0.15) is 11.8 Å². The van der Waals surface area contributed by atoms with E-state index in [4.69, 9.17) is 0 Å². The van der Waals surface area contributed by atoms with Crippen molar-refractivity contribution in [2.75, 3.05) is 12.0 Å². The number of benzene rings is 1. The number of hydrogen-bond donors (Lipinski definition) is 2. The third-order valence-electron chi connectivity index (χ3n) is 4.89. The summed E-state index contributed by atoms with van der Waals surface area (Å²) < 4.78 is 2.26.